The average molecular weight is 438 g/mol. The fourth-order valence-corrected chi connectivity index (χ4v) is 4.48. The monoisotopic (exact) mass is 437 g/mol. The van der Waals surface area contributed by atoms with Gasteiger partial charge in [0.15, 0.2) is 6.35 Å². The van der Waals surface area contributed by atoms with E-state index in [9.17, 15) is 13.2 Å². The molecule has 3 rings (SSSR count). The summed E-state index contributed by atoms with van der Waals surface area (Å²) in [5.74, 6) is 0. The van der Waals surface area contributed by atoms with Crippen LogP contribution in [0.2, 0.25) is 0 Å². The molecule has 1 aliphatic carbocycles. The third kappa shape index (κ3) is 8.19. The van der Waals surface area contributed by atoms with Crippen LogP contribution in [-0.2, 0) is 4.74 Å². The van der Waals surface area contributed by atoms with E-state index in [1.165, 1.54) is 19.3 Å². The van der Waals surface area contributed by atoms with Gasteiger partial charge in [-0.05, 0) is 52.7 Å². The minimum Gasteiger partial charge on any atom is -0.340 e. The highest BCUT2D eigenvalue weighted by Gasteiger charge is 2.34. The number of halogens is 3. The molecule has 8 nitrogen and oxygen atoms in total. The van der Waals surface area contributed by atoms with Crippen molar-refractivity contribution in [1.29, 1.82) is 0 Å². The predicted octanol–water partition coefficient (Wildman–Crippen LogP) is 0.393. The van der Waals surface area contributed by atoms with Crippen molar-refractivity contribution < 1.29 is 17.9 Å². The number of piperidine rings is 1. The molecule has 1 saturated carbocycles. The molecule has 0 bridgehead atoms. The summed E-state index contributed by atoms with van der Waals surface area (Å²) in [5, 5.41) is 19.8. The van der Waals surface area contributed by atoms with Gasteiger partial charge in [-0.1, -0.05) is 12.8 Å². The number of nitrogens with one attached hydrogen (secondary N) is 6. The Balaban J connectivity index is 1.53. The summed E-state index contributed by atoms with van der Waals surface area (Å²) in [5.41, 5.74) is 0. The molecule has 6 N–H and O–H groups in total. The fourth-order valence-electron chi connectivity index (χ4n) is 4.48. The van der Waals surface area contributed by atoms with Gasteiger partial charge < -0.3 is 15.0 Å². The number of alkyl halides is 3. The van der Waals surface area contributed by atoms with E-state index in [4.69, 9.17) is 4.74 Å². The summed E-state index contributed by atoms with van der Waals surface area (Å²) in [6.07, 6.45) is 1.87. The van der Waals surface area contributed by atoms with E-state index in [1.807, 2.05) is 0 Å². The van der Waals surface area contributed by atoms with Crippen molar-refractivity contribution in [3.05, 3.63) is 0 Å². The van der Waals surface area contributed by atoms with Gasteiger partial charge in [-0.25, -0.2) is 0 Å². The van der Waals surface area contributed by atoms with E-state index in [2.05, 4.69) is 50.9 Å². The van der Waals surface area contributed by atoms with E-state index in [0.717, 1.165) is 38.8 Å². The van der Waals surface area contributed by atoms with Gasteiger partial charge in [0.1, 0.15) is 19.2 Å². The molecule has 0 spiro atoms. The predicted molar refractivity (Wildman–Crippen MR) is 109 cm³/mol. The Morgan fingerprint density at radius 2 is 1.80 bits per heavy atom. The van der Waals surface area contributed by atoms with Gasteiger partial charge >= 0.3 is 6.18 Å². The number of hydrogen-bond acceptors (Lipinski definition) is 8. The maximum atomic E-state index is 12.6. The molecule has 0 aromatic rings. The first-order valence-electron chi connectivity index (χ1n) is 11.1. The molecule has 0 radical (unpaired) electrons. The Morgan fingerprint density at radius 1 is 1.00 bits per heavy atom. The number of hydrogen-bond donors (Lipinski definition) is 6. The topological polar surface area (TPSA) is 84.7 Å². The number of nitrogens with zero attached hydrogens (tertiary/aromatic N) is 1. The third-order valence-corrected chi connectivity index (χ3v) is 6.14. The van der Waals surface area contributed by atoms with E-state index in [-0.39, 0.29) is 18.6 Å². The summed E-state index contributed by atoms with van der Waals surface area (Å²) < 4.78 is 43.0. The Labute approximate surface area is 177 Å². The van der Waals surface area contributed by atoms with Crippen LogP contribution in [0.15, 0.2) is 0 Å². The lowest BCUT2D eigenvalue weighted by atomic mass is 9.90. The Hall–Kier alpha value is -0.530. The minimum atomic E-state index is -4.37. The molecule has 0 amide bonds. The first-order chi connectivity index (χ1) is 14.3. The molecule has 6 atom stereocenters. The lowest BCUT2D eigenvalue weighted by Crippen LogP contribution is -2.76. The molecule has 3 fully saturated rings. The second-order valence-electron chi connectivity index (χ2n) is 8.87. The van der Waals surface area contributed by atoms with Crippen LogP contribution in [0.5, 0.6) is 0 Å². The van der Waals surface area contributed by atoms with Crippen molar-refractivity contribution in [3.63, 3.8) is 0 Å². The average Bonchev–Trinajstić information content (AvgIpc) is 2.71. The van der Waals surface area contributed by atoms with Crippen molar-refractivity contribution in [2.75, 3.05) is 33.8 Å². The van der Waals surface area contributed by atoms with E-state index < -0.39 is 19.1 Å². The van der Waals surface area contributed by atoms with Gasteiger partial charge in [-0.2, -0.15) is 13.2 Å². The largest absolute Gasteiger partial charge is 0.411 e. The van der Waals surface area contributed by atoms with Crippen LogP contribution in [0.1, 0.15) is 44.9 Å². The van der Waals surface area contributed by atoms with Crippen LogP contribution in [0.4, 0.5) is 13.2 Å². The van der Waals surface area contributed by atoms with Crippen molar-refractivity contribution in [1.82, 2.24) is 36.8 Å². The molecule has 2 aliphatic heterocycles. The van der Waals surface area contributed by atoms with Crippen LogP contribution in [0.25, 0.3) is 0 Å². The summed E-state index contributed by atoms with van der Waals surface area (Å²) in [7, 11) is 4.18. The summed E-state index contributed by atoms with van der Waals surface area (Å²) >= 11 is 0. The second-order valence-corrected chi connectivity index (χ2v) is 8.87. The van der Waals surface area contributed by atoms with E-state index in [1.54, 1.807) is 0 Å². The lowest BCUT2D eigenvalue weighted by Gasteiger charge is -2.42. The van der Waals surface area contributed by atoms with Crippen LogP contribution in [0.3, 0.4) is 0 Å². The fraction of sp³-hybridized carbons (Fsp3) is 1.00. The zero-order valence-corrected chi connectivity index (χ0v) is 18.0. The van der Waals surface area contributed by atoms with Gasteiger partial charge in [0.25, 0.3) is 0 Å². The number of rotatable bonds is 8. The molecular formula is C19H38F3N7O. The van der Waals surface area contributed by atoms with Crippen LogP contribution < -0.4 is 31.9 Å². The minimum absolute atomic E-state index is 0.290. The van der Waals surface area contributed by atoms with Gasteiger partial charge in [0.2, 0.25) is 0 Å². The van der Waals surface area contributed by atoms with Crippen LogP contribution in [0, 0.1) is 0 Å². The van der Waals surface area contributed by atoms with Crippen molar-refractivity contribution >= 4 is 0 Å². The molecule has 6 unspecified atom stereocenters. The number of ether oxygens (including phenoxy) is 1. The van der Waals surface area contributed by atoms with Crippen LogP contribution >= 0.6 is 0 Å². The molecule has 0 aromatic carbocycles. The second kappa shape index (κ2) is 11.4. The van der Waals surface area contributed by atoms with Crippen molar-refractivity contribution in [2.45, 2.75) is 88.2 Å². The van der Waals surface area contributed by atoms with Gasteiger partial charge in [-0.3, -0.25) is 26.6 Å². The molecule has 2 saturated heterocycles. The standard InChI is InChI=1S/C19H38F3N7O/c1-29(2)15-8-5-7-13(10-15)25-17-26-16(24-11-14-6-3-4-9-23-14)27-18(28-17)30-12-19(20,21)22/h13-18,23-28H,3-12H2,1-2H3. The highest BCUT2D eigenvalue weighted by molar-refractivity contribution is 4.86. The van der Waals surface area contributed by atoms with Gasteiger partial charge in [-0.15, -0.1) is 0 Å². The smallest absolute Gasteiger partial charge is 0.340 e. The van der Waals surface area contributed by atoms with Crippen LogP contribution in [-0.4, -0.2) is 81.9 Å². The van der Waals surface area contributed by atoms with E-state index in [0.29, 0.717) is 12.1 Å². The normalized spacial score (nSPS) is 36.2. The molecule has 2 heterocycles. The summed E-state index contributed by atoms with van der Waals surface area (Å²) in [6.45, 7) is 0.443. The first-order valence-corrected chi connectivity index (χ1v) is 11.1. The van der Waals surface area contributed by atoms with Gasteiger partial charge in [0.05, 0.1) is 0 Å². The highest BCUT2D eigenvalue weighted by Crippen LogP contribution is 2.22. The zero-order valence-electron chi connectivity index (χ0n) is 18.0. The zero-order chi connectivity index (χ0) is 21.6. The van der Waals surface area contributed by atoms with Crippen molar-refractivity contribution in [2.24, 2.45) is 0 Å². The quantitative estimate of drug-likeness (QED) is 0.326. The molecule has 0 aromatic heterocycles. The molecule has 11 heteroatoms. The van der Waals surface area contributed by atoms with E-state index >= 15 is 0 Å². The Bertz CT molecular complexity index is 505. The first kappa shape index (κ1) is 24.1. The maximum Gasteiger partial charge on any atom is 0.411 e. The summed E-state index contributed by atoms with van der Waals surface area (Å²) in [4.78, 5) is 2.24. The molecule has 30 heavy (non-hydrogen) atoms. The SMILES string of the molecule is CN(C)C1CCCC(NC2NC(NCC3CCCCN3)NC(OCC(F)(F)F)N2)C1. The third-order valence-electron chi connectivity index (χ3n) is 6.14. The molecule has 3 aliphatic rings. The Kier molecular flexibility index (Phi) is 9.14. The molecular weight excluding hydrogens is 399 g/mol. The van der Waals surface area contributed by atoms with Crippen molar-refractivity contribution in [3.8, 4) is 0 Å². The maximum absolute atomic E-state index is 12.6. The van der Waals surface area contributed by atoms with Gasteiger partial charge in [0, 0.05) is 24.7 Å². The lowest BCUT2D eigenvalue weighted by molar-refractivity contribution is -0.199. The molecule has 176 valence electrons. The summed E-state index contributed by atoms with van der Waals surface area (Å²) in [6, 6.07) is 1.18. The Morgan fingerprint density at radius 3 is 2.50 bits per heavy atom. The highest BCUT2D eigenvalue weighted by atomic mass is 19.4.